The van der Waals surface area contributed by atoms with E-state index in [-0.39, 0.29) is 0 Å². The van der Waals surface area contributed by atoms with Crippen LogP contribution in [-0.4, -0.2) is 179 Å². The first-order valence-corrected chi connectivity index (χ1v) is 28.4. The maximum atomic E-state index is 5.10. The molecule has 418 valence electrons. The van der Waals surface area contributed by atoms with Gasteiger partial charge in [-0.3, -0.25) is 15.0 Å². The first-order chi connectivity index (χ1) is 35.6. The second-order valence-corrected chi connectivity index (χ2v) is 16.0. The lowest BCUT2D eigenvalue weighted by atomic mass is 9.82. The molecular formula is C57H114N14O. The minimum Gasteiger partial charge on any atom is -0.379 e. The highest BCUT2D eigenvalue weighted by molar-refractivity contribution is 4.88. The van der Waals surface area contributed by atoms with Crippen molar-refractivity contribution in [2.45, 2.75) is 153 Å². The molecule has 0 radical (unpaired) electrons. The van der Waals surface area contributed by atoms with Gasteiger partial charge in [-0.1, -0.05) is 95.6 Å². The first kappa shape index (κ1) is 74.7. The van der Waals surface area contributed by atoms with Crippen molar-refractivity contribution in [1.82, 2.24) is 70.6 Å². The van der Waals surface area contributed by atoms with Gasteiger partial charge in [0.15, 0.2) is 0 Å². The highest BCUT2D eigenvalue weighted by Crippen LogP contribution is 2.28. The zero-order valence-corrected chi connectivity index (χ0v) is 49.2. The third-order valence-electron chi connectivity index (χ3n) is 11.1. The Kier molecular flexibility index (Phi) is 67.6. The second-order valence-electron chi connectivity index (χ2n) is 16.0. The number of H-pyrrole nitrogens is 1. The van der Waals surface area contributed by atoms with Gasteiger partial charge in [0.2, 0.25) is 0 Å². The predicted molar refractivity (Wildman–Crippen MR) is 310 cm³/mol. The van der Waals surface area contributed by atoms with Gasteiger partial charge in [-0.2, -0.15) is 15.4 Å². The zero-order chi connectivity index (χ0) is 54.4. The molecule has 1 saturated carbocycles. The van der Waals surface area contributed by atoms with Crippen LogP contribution in [0.4, 0.5) is 0 Å². The van der Waals surface area contributed by atoms with Gasteiger partial charge < -0.3 is 35.0 Å². The summed E-state index contributed by atoms with van der Waals surface area (Å²) in [7, 11) is 6.46. The van der Waals surface area contributed by atoms with E-state index in [1.807, 2.05) is 101 Å². The Balaban J connectivity index is -0.000000353. The number of piperidine rings is 6. The number of morpholine rings is 1. The third kappa shape index (κ3) is 52.5. The molecule has 4 bridgehead atoms. The summed E-state index contributed by atoms with van der Waals surface area (Å²) in [4.78, 5) is 28.1. The van der Waals surface area contributed by atoms with Crippen molar-refractivity contribution in [2.24, 2.45) is 11.8 Å². The van der Waals surface area contributed by atoms with Gasteiger partial charge in [0.25, 0.3) is 0 Å². The lowest BCUT2D eigenvalue weighted by Gasteiger charge is -2.38. The summed E-state index contributed by atoms with van der Waals surface area (Å²) in [6.07, 6.45) is 32.7. The smallest absolute Gasteiger partial charge is 0.115 e. The average molecular weight is 1010 g/mol. The lowest BCUT2D eigenvalue weighted by Crippen LogP contribution is -2.44. The van der Waals surface area contributed by atoms with Crippen molar-refractivity contribution in [3.05, 3.63) is 92.6 Å². The fraction of sp³-hybridized carbons (Fsp3) is 0.737. The number of likely N-dealkylation sites (tertiary alicyclic amines) is 1. The monoisotopic (exact) mass is 1010 g/mol. The third-order valence-corrected chi connectivity index (χ3v) is 11.1. The van der Waals surface area contributed by atoms with Crippen LogP contribution in [0.25, 0.3) is 0 Å². The van der Waals surface area contributed by atoms with Crippen LogP contribution in [0.1, 0.15) is 147 Å². The number of pyridine rings is 1. The molecule has 9 fully saturated rings. The molecule has 0 atom stereocenters. The molecule has 15 nitrogen and oxygen atoms in total. The maximum absolute atomic E-state index is 5.10. The van der Waals surface area contributed by atoms with Crippen molar-refractivity contribution in [3.8, 4) is 0 Å². The highest BCUT2D eigenvalue weighted by atomic mass is 16.5. The summed E-state index contributed by atoms with van der Waals surface area (Å²) < 4.78 is 5.10. The number of nitrogens with zero attached hydrogens (tertiary/aromatic N) is 11. The lowest BCUT2D eigenvalue weighted by molar-refractivity contribution is 0.0503. The standard InChI is InChI=1S/2C7H13N.C6H13N.C5H12N2.C5H11NO.C5H5N.2C4H4N2.C2H3N3.6C2H6/c1-4-8-5-2-7(1)3-6-8;1-3-7-4-2-6(1)5-8-7;1-7-5-3-2-4-6-7;1-7-4-2-6-3-5-7;1-6-2-4-7-5-3-6;1-2-4-6-5-3-1;1-2-6-4-3-5-1;1-2-5-4-6-3-1;1-2-4-5-3-1;6*1-2/h7H,1-6H2;6-8H,1-5H2;2-6H2,1H3;6H,2-5H2,1H3;2-5H2,1H3;1-5H;2*1-4H;1-2H,(H,3,4,5);6*1-2H3. The molecule has 15 heteroatoms. The molecular weight excluding hydrogens is 897 g/mol. The van der Waals surface area contributed by atoms with E-state index in [4.69, 9.17) is 4.74 Å². The number of aromatic amines is 1. The minimum atomic E-state index is 0.903. The van der Waals surface area contributed by atoms with E-state index in [0.717, 1.165) is 57.3 Å². The van der Waals surface area contributed by atoms with Gasteiger partial charge in [-0.05, 0) is 148 Å². The molecule has 72 heavy (non-hydrogen) atoms. The predicted octanol–water partition coefficient (Wildman–Crippen LogP) is 10.8. The summed E-state index contributed by atoms with van der Waals surface area (Å²) in [5, 5.41) is 16.1. The topological polar surface area (TPSA) is 152 Å². The van der Waals surface area contributed by atoms with Gasteiger partial charge in [0.1, 0.15) is 6.33 Å². The van der Waals surface area contributed by atoms with Crippen molar-refractivity contribution >= 4 is 0 Å². The van der Waals surface area contributed by atoms with E-state index in [1.165, 1.54) is 123 Å². The van der Waals surface area contributed by atoms with Crippen molar-refractivity contribution < 1.29 is 4.74 Å². The molecule has 4 aromatic heterocycles. The second kappa shape index (κ2) is 65.2. The normalized spacial score (nSPS) is 20.4. The quantitative estimate of drug-likeness (QED) is 0.153. The molecule has 3 N–H and O–H groups in total. The molecule has 9 aliphatic rings. The van der Waals surface area contributed by atoms with Crippen molar-refractivity contribution in [2.75, 3.05) is 113 Å². The molecule has 0 unspecified atom stereocenters. The SMILES string of the molecule is C1CC2CCC1CN2.C1CN2CCC1CC2.CC.CC.CC.CC.CC.CC.CN1CCCCC1.CN1CCNCC1.CN1CCOCC1.c1ccncc1.c1cn[nH]n1.c1cnccn1.c1cncnc1. The molecule has 8 saturated heterocycles. The molecule has 0 amide bonds. The molecule has 12 heterocycles. The molecule has 13 rings (SSSR count). The first-order valence-electron chi connectivity index (χ1n) is 28.4. The van der Waals surface area contributed by atoms with Gasteiger partial charge in [-0.15, -0.1) is 0 Å². The average Bonchev–Trinajstić information content (AvgIpc) is 4.12. The van der Waals surface area contributed by atoms with Crippen LogP contribution in [0, 0.1) is 11.8 Å². The summed E-state index contributed by atoms with van der Waals surface area (Å²) in [6, 6.07) is 8.40. The Bertz CT molecular complexity index is 1110. The number of hydrogen-bond donors (Lipinski definition) is 3. The van der Waals surface area contributed by atoms with Crippen LogP contribution in [0.2, 0.25) is 0 Å². The largest absolute Gasteiger partial charge is 0.379 e. The van der Waals surface area contributed by atoms with Gasteiger partial charge in [0.05, 0.1) is 25.6 Å². The molecule has 8 aliphatic heterocycles. The minimum absolute atomic E-state index is 0.903. The Hall–Kier alpha value is -3.83. The van der Waals surface area contributed by atoms with E-state index in [1.54, 1.807) is 68.0 Å². The fourth-order valence-corrected chi connectivity index (χ4v) is 7.24. The summed E-state index contributed by atoms with van der Waals surface area (Å²) in [6.45, 7) is 40.9. The molecule has 4 aromatic rings. The van der Waals surface area contributed by atoms with E-state index in [0.29, 0.717) is 0 Å². The van der Waals surface area contributed by atoms with Gasteiger partial charge in [0, 0.05) is 94.9 Å². The molecule has 1 aliphatic carbocycles. The van der Waals surface area contributed by atoms with E-state index < -0.39 is 0 Å². The van der Waals surface area contributed by atoms with E-state index in [9.17, 15) is 0 Å². The fourth-order valence-electron chi connectivity index (χ4n) is 7.24. The van der Waals surface area contributed by atoms with Crippen molar-refractivity contribution in [3.63, 3.8) is 0 Å². The number of ether oxygens (including phenoxy) is 1. The number of piperazine rings is 1. The highest BCUT2D eigenvalue weighted by Gasteiger charge is 2.26. The number of hydrogen-bond acceptors (Lipinski definition) is 14. The van der Waals surface area contributed by atoms with Crippen LogP contribution in [0.15, 0.2) is 92.6 Å². The molecule has 0 spiro atoms. The number of nitrogens with one attached hydrogen (secondary N) is 3. The van der Waals surface area contributed by atoms with Crippen LogP contribution in [-0.2, 0) is 4.74 Å². The zero-order valence-electron chi connectivity index (χ0n) is 49.2. The van der Waals surface area contributed by atoms with Crippen molar-refractivity contribution in [1.29, 1.82) is 0 Å². The van der Waals surface area contributed by atoms with Crippen LogP contribution in [0.5, 0.6) is 0 Å². The maximum Gasteiger partial charge on any atom is 0.115 e. The van der Waals surface area contributed by atoms with E-state index >= 15 is 0 Å². The van der Waals surface area contributed by atoms with E-state index in [2.05, 4.69) is 91.7 Å². The number of aromatic nitrogens is 8. The number of fused-ring (bicyclic) bond motifs is 6. The van der Waals surface area contributed by atoms with Gasteiger partial charge >= 0.3 is 0 Å². The Morgan fingerprint density at radius 2 is 0.833 bits per heavy atom. The summed E-state index contributed by atoms with van der Waals surface area (Å²) in [5.41, 5.74) is 0. The Labute approximate surface area is 444 Å². The number of rotatable bonds is 0. The Morgan fingerprint density at radius 3 is 1.00 bits per heavy atom. The van der Waals surface area contributed by atoms with Crippen LogP contribution in [0.3, 0.4) is 0 Å². The molecule has 0 aromatic carbocycles. The number of likely N-dealkylation sites (N-methyl/N-ethyl adjacent to an activating group) is 2. The Morgan fingerprint density at radius 1 is 0.403 bits per heavy atom. The van der Waals surface area contributed by atoms with Gasteiger partial charge in [-0.25, -0.2) is 9.97 Å². The summed E-state index contributed by atoms with van der Waals surface area (Å²) in [5.74, 6) is 2.15. The van der Waals surface area contributed by atoms with Crippen LogP contribution >= 0.6 is 0 Å². The summed E-state index contributed by atoms with van der Waals surface area (Å²) >= 11 is 0. The van der Waals surface area contributed by atoms with Crippen LogP contribution < -0.4 is 10.6 Å².